The number of carbonyl (C=O) groups excluding carboxylic acids is 1. The highest BCUT2D eigenvalue weighted by atomic mass is 16.6. The lowest BCUT2D eigenvalue weighted by Crippen LogP contribution is -2.54. The molecule has 1 aromatic rings. The van der Waals surface area contributed by atoms with Crippen LogP contribution in [0.2, 0.25) is 0 Å². The predicted molar refractivity (Wildman–Crippen MR) is 78.7 cm³/mol. The average Bonchev–Trinajstić information content (AvgIpc) is 2.36. The van der Waals surface area contributed by atoms with E-state index in [4.69, 9.17) is 9.47 Å². The summed E-state index contributed by atoms with van der Waals surface area (Å²) < 4.78 is 10.9. The maximum atomic E-state index is 12.4. The van der Waals surface area contributed by atoms with E-state index in [0.717, 1.165) is 5.56 Å². The number of amides is 1. The molecule has 1 unspecified atom stereocenters. The third kappa shape index (κ3) is 4.19. The minimum atomic E-state index is -1.36. The molecule has 1 N–H and O–H groups in total. The Bertz CT molecular complexity index is 493. The van der Waals surface area contributed by atoms with Crippen molar-refractivity contribution < 1.29 is 19.4 Å². The van der Waals surface area contributed by atoms with E-state index < -0.39 is 17.5 Å². The van der Waals surface area contributed by atoms with Crippen LogP contribution in [0.15, 0.2) is 30.3 Å². The van der Waals surface area contributed by atoms with Gasteiger partial charge in [-0.15, -0.1) is 0 Å². The first kappa shape index (κ1) is 15.8. The minimum absolute atomic E-state index is 0.0709. The Hall–Kier alpha value is -1.59. The molecule has 0 radical (unpaired) electrons. The maximum Gasteiger partial charge on any atom is 0.411 e. The van der Waals surface area contributed by atoms with Crippen LogP contribution in [0.1, 0.15) is 39.3 Å². The fourth-order valence-corrected chi connectivity index (χ4v) is 2.28. The van der Waals surface area contributed by atoms with Crippen LogP contribution in [0.4, 0.5) is 4.79 Å². The number of carbonyl (C=O) groups is 1. The van der Waals surface area contributed by atoms with Gasteiger partial charge in [-0.2, -0.15) is 0 Å². The van der Waals surface area contributed by atoms with Crippen molar-refractivity contribution in [1.82, 2.24) is 4.90 Å². The van der Waals surface area contributed by atoms with Crippen molar-refractivity contribution >= 4 is 6.09 Å². The van der Waals surface area contributed by atoms with Gasteiger partial charge >= 0.3 is 6.09 Å². The molecule has 2 atom stereocenters. The second-order valence-corrected chi connectivity index (χ2v) is 6.52. The lowest BCUT2D eigenvalue weighted by Gasteiger charge is -2.42. The van der Waals surface area contributed by atoms with E-state index in [1.54, 1.807) is 6.92 Å². The van der Waals surface area contributed by atoms with Crippen molar-refractivity contribution in [1.29, 1.82) is 0 Å². The molecule has 1 aromatic carbocycles. The molecule has 5 heteroatoms. The van der Waals surface area contributed by atoms with Crippen molar-refractivity contribution in [3.05, 3.63) is 35.9 Å². The topological polar surface area (TPSA) is 59.0 Å². The maximum absolute atomic E-state index is 12.4. The van der Waals surface area contributed by atoms with E-state index in [1.165, 1.54) is 4.90 Å². The Morgan fingerprint density at radius 3 is 2.57 bits per heavy atom. The van der Waals surface area contributed by atoms with Gasteiger partial charge in [0, 0.05) is 0 Å². The number of nitrogens with zero attached hydrogens (tertiary/aromatic N) is 1. The van der Waals surface area contributed by atoms with Gasteiger partial charge in [-0.05, 0) is 33.3 Å². The molecule has 1 amide bonds. The molecule has 1 fully saturated rings. The van der Waals surface area contributed by atoms with Crippen molar-refractivity contribution in [3.8, 4) is 0 Å². The van der Waals surface area contributed by atoms with E-state index >= 15 is 0 Å². The lowest BCUT2D eigenvalue weighted by molar-refractivity contribution is -0.237. The first-order chi connectivity index (χ1) is 9.68. The minimum Gasteiger partial charge on any atom is -0.444 e. The number of β-amino-alcohol motifs (C(OH)–C–C–N with tert-alkyl or cyclic N) is 1. The highest BCUT2D eigenvalue weighted by Gasteiger charge is 2.40. The SMILES string of the molecule is CC(C)(C)OC(=O)N1CC(C)(O)OC[C@H]1c1ccccc1. The van der Waals surface area contributed by atoms with Gasteiger partial charge in [0.05, 0.1) is 19.2 Å². The Morgan fingerprint density at radius 1 is 1.38 bits per heavy atom. The largest absolute Gasteiger partial charge is 0.444 e. The summed E-state index contributed by atoms with van der Waals surface area (Å²) in [5.41, 5.74) is 0.376. The molecule has 0 aromatic heterocycles. The predicted octanol–water partition coefficient (Wildman–Crippen LogP) is 2.70. The van der Waals surface area contributed by atoms with Gasteiger partial charge in [0.15, 0.2) is 5.79 Å². The van der Waals surface area contributed by atoms with Gasteiger partial charge in [0.2, 0.25) is 0 Å². The second-order valence-electron chi connectivity index (χ2n) is 6.52. The molecule has 0 saturated carbocycles. The summed E-state index contributed by atoms with van der Waals surface area (Å²) in [5, 5.41) is 10.1. The summed E-state index contributed by atoms with van der Waals surface area (Å²) >= 11 is 0. The highest BCUT2D eigenvalue weighted by molar-refractivity contribution is 5.69. The van der Waals surface area contributed by atoms with Crippen molar-refractivity contribution in [2.75, 3.05) is 13.2 Å². The van der Waals surface area contributed by atoms with Crippen LogP contribution in [0.5, 0.6) is 0 Å². The first-order valence-corrected chi connectivity index (χ1v) is 7.09. The van der Waals surface area contributed by atoms with Crippen molar-refractivity contribution in [2.24, 2.45) is 0 Å². The Balaban J connectivity index is 2.24. The molecule has 1 aliphatic rings. The molecule has 0 spiro atoms. The second kappa shape index (κ2) is 5.66. The Kier molecular flexibility index (Phi) is 4.25. The zero-order chi connectivity index (χ0) is 15.7. The molecule has 5 nitrogen and oxygen atoms in total. The fraction of sp³-hybridized carbons (Fsp3) is 0.562. The molecule has 1 aliphatic heterocycles. The smallest absolute Gasteiger partial charge is 0.411 e. The van der Waals surface area contributed by atoms with Crippen LogP contribution in [0, 0.1) is 0 Å². The van der Waals surface area contributed by atoms with Crippen LogP contribution in [-0.2, 0) is 9.47 Å². The van der Waals surface area contributed by atoms with Gasteiger partial charge in [-0.3, -0.25) is 4.90 Å². The summed E-state index contributed by atoms with van der Waals surface area (Å²) in [5.74, 6) is -1.36. The molecule has 116 valence electrons. The van der Waals surface area contributed by atoms with Crippen molar-refractivity contribution in [3.63, 3.8) is 0 Å². The monoisotopic (exact) mass is 293 g/mol. The van der Waals surface area contributed by atoms with E-state index in [0.29, 0.717) is 0 Å². The number of rotatable bonds is 1. The zero-order valence-electron chi connectivity index (χ0n) is 13.0. The third-order valence-corrected chi connectivity index (χ3v) is 3.20. The van der Waals surface area contributed by atoms with E-state index in [1.807, 2.05) is 51.1 Å². The highest BCUT2D eigenvalue weighted by Crippen LogP contribution is 2.30. The number of ether oxygens (including phenoxy) is 2. The van der Waals surface area contributed by atoms with Crippen molar-refractivity contribution in [2.45, 2.75) is 45.1 Å². The number of benzene rings is 1. The van der Waals surface area contributed by atoms with Crippen LogP contribution >= 0.6 is 0 Å². The van der Waals surface area contributed by atoms with Crippen LogP contribution in [0.3, 0.4) is 0 Å². The van der Waals surface area contributed by atoms with E-state index in [-0.39, 0.29) is 19.2 Å². The third-order valence-electron chi connectivity index (χ3n) is 3.20. The van der Waals surface area contributed by atoms with Gasteiger partial charge in [-0.25, -0.2) is 4.79 Å². The van der Waals surface area contributed by atoms with E-state index in [2.05, 4.69) is 0 Å². The van der Waals surface area contributed by atoms with Gasteiger partial charge < -0.3 is 14.6 Å². The molecular weight excluding hydrogens is 270 g/mol. The normalized spacial score (nSPS) is 26.5. The average molecular weight is 293 g/mol. The molecule has 0 bridgehead atoms. The Labute approximate surface area is 125 Å². The first-order valence-electron chi connectivity index (χ1n) is 7.09. The standard InChI is InChI=1S/C16H23NO4/c1-15(2,3)21-14(18)17-11-16(4,19)20-10-13(17)12-8-6-5-7-9-12/h5-9,13,19H,10-11H2,1-4H3/t13-,16?/m0/s1. The quantitative estimate of drug-likeness (QED) is 0.865. The van der Waals surface area contributed by atoms with Gasteiger partial charge in [0.1, 0.15) is 5.60 Å². The number of hydrogen-bond acceptors (Lipinski definition) is 4. The summed E-state index contributed by atoms with van der Waals surface area (Å²) in [6.07, 6.45) is -0.445. The zero-order valence-corrected chi connectivity index (χ0v) is 13.0. The molecule has 2 rings (SSSR count). The summed E-state index contributed by atoms with van der Waals surface area (Å²) in [6, 6.07) is 9.35. The van der Waals surface area contributed by atoms with Gasteiger partial charge in [-0.1, -0.05) is 30.3 Å². The van der Waals surface area contributed by atoms with Gasteiger partial charge in [0.25, 0.3) is 0 Å². The Morgan fingerprint density at radius 2 is 2.00 bits per heavy atom. The summed E-state index contributed by atoms with van der Waals surface area (Å²) in [7, 11) is 0. The molecule has 1 saturated heterocycles. The van der Waals surface area contributed by atoms with Crippen LogP contribution < -0.4 is 0 Å². The van der Waals surface area contributed by atoms with E-state index in [9.17, 15) is 9.90 Å². The lowest BCUT2D eigenvalue weighted by atomic mass is 10.0. The number of hydrogen-bond donors (Lipinski definition) is 1. The molecule has 0 aliphatic carbocycles. The summed E-state index contributed by atoms with van der Waals surface area (Å²) in [6.45, 7) is 7.31. The number of morpholine rings is 1. The summed E-state index contributed by atoms with van der Waals surface area (Å²) in [4.78, 5) is 14.0. The molecule has 1 heterocycles. The molecule has 21 heavy (non-hydrogen) atoms. The number of aliphatic hydroxyl groups is 1. The van der Waals surface area contributed by atoms with Crippen LogP contribution in [0.25, 0.3) is 0 Å². The fourth-order valence-electron chi connectivity index (χ4n) is 2.28. The molecular formula is C16H23NO4. The van der Waals surface area contributed by atoms with Crippen LogP contribution in [-0.4, -0.2) is 40.6 Å².